The molecule has 32 heavy (non-hydrogen) atoms. The van der Waals surface area contributed by atoms with Gasteiger partial charge in [-0.3, -0.25) is 14.9 Å². The minimum absolute atomic E-state index is 0.00787. The van der Waals surface area contributed by atoms with Gasteiger partial charge in [0.05, 0.1) is 0 Å². The van der Waals surface area contributed by atoms with Crippen LogP contribution >= 0.6 is 0 Å². The second kappa shape index (κ2) is 7.90. The lowest BCUT2D eigenvalue weighted by Crippen LogP contribution is -2.84. The van der Waals surface area contributed by atoms with Crippen molar-refractivity contribution in [3.8, 4) is 5.75 Å². The van der Waals surface area contributed by atoms with Gasteiger partial charge >= 0.3 is 0 Å². The molecule has 2 bridgehead atoms. The van der Waals surface area contributed by atoms with Gasteiger partial charge in [0, 0.05) is 17.6 Å². The summed E-state index contributed by atoms with van der Waals surface area (Å²) in [5.74, 6) is 0.481. The molecular formula is C25H29N3O4. The molecule has 168 valence electrons. The van der Waals surface area contributed by atoms with Crippen molar-refractivity contribution in [3.05, 3.63) is 65.2 Å². The molecule has 2 aromatic rings. The van der Waals surface area contributed by atoms with E-state index in [-0.39, 0.29) is 35.7 Å². The van der Waals surface area contributed by atoms with E-state index in [9.17, 15) is 9.59 Å². The highest BCUT2D eigenvalue weighted by Crippen LogP contribution is 2.60. The van der Waals surface area contributed by atoms with E-state index >= 15 is 0 Å². The number of amides is 2. The molecule has 1 aliphatic heterocycles. The normalized spacial score (nSPS) is 30.1. The molecule has 0 radical (unpaired) electrons. The van der Waals surface area contributed by atoms with Crippen LogP contribution in [-0.2, 0) is 14.3 Å². The van der Waals surface area contributed by atoms with Gasteiger partial charge in [0.2, 0.25) is 0 Å². The Morgan fingerprint density at radius 1 is 1.03 bits per heavy atom. The van der Waals surface area contributed by atoms with Crippen LogP contribution in [0.1, 0.15) is 42.2 Å². The minimum atomic E-state index is -0.508. The Bertz CT molecular complexity index is 1020. The van der Waals surface area contributed by atoms with Crippen molar-refractivity contribution in [1.82, 2.24) is 16.0 Å². The van der Waals surface area contributed by atoms with Crippen LogP contribution in [0, 0.1) is 13.8 Å². The van der Waals surface area contributed by atoms with Crippen molar-refractivity contribution in [2.24, 2.45) is 0 Å². The molecule has 3 saturated carbocycles. The minimum Gasteiger partial charge on any atom is -0.484 e. The molecule has 7 heteroatoms. The molecule has 4 aliphatic rings. The van der Waals surface area contributed by atoms with Gasteiger partial charge in [-0.25, -0.2) is 0 Å². The highest BCUT2D eigenvalue weighted by molar-refractivity contribution is 5.84. The average Bonchev–Trinajstić information content (AvgIpc) is 3.23. The first-order chi connectivity index (χ1) is 15.4. The summed E-state index contributed by atoms with van der Waals surface area (Å²) in [4.78, 5) is 25.1. The van der Waals surface area contributed by atoms with Crippen molar-refractivity contribution >= 4 is 11.8 Å². The Hall–Kier alpha value is -2.90. The first kappa shape index (κ1) is 21.0. The summed E-state index contributed by atoms with van der Waals surface area (Å²) in [6, 6.07) is 15.6. The molecule has 7 nitrogen and oxygen atoms in total. The lowest BCUT2D eigenvalue weighted by atomic mass is 9.44. The first-order valence-corrected chi connectivity index (χ1v) is 11.1. The molecule has 0 aromatic heterocycles. The van der Waals surface area contributed by atoms with E-state index in [1.54, 1.807) is 0 Å². The summed E-state index contributed by atoms with van der Waals surface area (Å²) < 4.78 is 11.5. The fourth-order valence-corrected chi connectivity index (χ4v) is 5.13. The zero-order chi connectivity index (χ0) is 22.3. The fraction of sp³-hybridized carbons (Fsp3) is 0.440. The predicted molar refractivity (Wildman–Crippen MR) is 119 cm³/mol. The highest BCUT2D eigenvalue weighted by atomic mass is 16.5. The number of nitrogens with one attached hydrogen (secondary N) is 3. The molecule has 2 atom stereocenters. The first-order valence-electron chi connectivity index (χ1n) is 11.1. The predicted octanol–water partition coefficient (Wildman–Crippen LogP) is 2.28. The van der Waals surface area contributed by atoms with Crippen LogP contribution < -0.4 is 20.7 Å². The monoisotopic (exact) mass is 435 g/mol. The molecule has 4 fully saturated rings. The topological polar surface area (TPSA) is 88.7 Å². The van der Waals surface area contributed by atoms with Crippen LogP contribution in [0.3, 0.4) is 0 Å². The smallest absolute Gasteiger partial charge is 0.258 e. The summed E-state index contributed by atoms with van der Waals surface area (Å²) in [6.07, 6.45) is 1.49. The third kappa shape index (κ3) is 3.98. The number of benzene rings is 2. The number of aryl methyl sites for hydroxylation is 2. The molecule has 6 rings (SSSR count). The number of hydrogen-bond donors (Lipinski definition) is 3. The molecule has 1 saturated heterocycles. The van der Waals surface area contributed by atoms with Gasteiger partial charge in [0.15, 0.2) is 12.7 Å². The summed E-state index contributed by atoms with van der Waals surface area (Å²) in [5.41, 5.74) is 2.91. The van der Waals surface area contributed by atoms with E-state index in [4.69, 9.17) is 9.47 Å². The van der Waals surface area contributed by atoms with Crippen LogP contribution in [0.2, 0.25) is 0 Å². The van der Waals surface area contributed by atoms with Crippen LogP contribution in [0.5, 0.6) is 5.75 Å². The Kier molecular flexibility index (Phi) is 5.18. The number of carbonyl (C=O) groups is 2. The molecule has 2 amide bonds. The second-order valence-corrected chi connectivity index (χ2v) is 9.49. The maximum atomic E-state index is 12.7. The fourth-order valence-electron chi connectivity index (χ4n) is 5.13. The van der Waals surface area contributed by atoms with Gasteiger partial charge in [-0.2, -0.15) is 0 Å². The molecule has 2 unspecified atom stereocenters. The Balaban J connectivity index is 1.06. The number of rotatable bonds is 7. The third-order valence-electron chi connectivity index (χ3n) is 6.86. The number of ether oxygens (including phenoxy) is 2. The standard InChI is InChI=1S/C25H29N3O4/c1-16-8-9-19(10-17(16)2)31-12-21(29)27-24-13-25(14-24,15-24)28-22(30)20-11-26-23(32-20)18-6-4-3-5-7-18/h3-10,20,23,26H,11-15H2,1-2H3,(H,27,29)(H,28,30). The zero-order valence-corrected chi connectivity index (χ0v) is 18.4. The molecule has 3 N–H and O–H groups in total. The van der Waals surface area contributed by atoms with Crippen LogP contribution in [-0.4, -0.2) is 42.1 Å². The van der Waals surface area contributed by atoms with Crippen LogP contribution in [0.25, 0.3) is 0 Å². The highest BCUT2D eigenvalue weighted by Gasteiger charge is 2.69. The Labute approximate surface area is 187 Å². The zero-order valence-electron chi connectivity index (χ0n) is 18.4. The maximum absolute atomic E-state index is 12.7. The summed E-state index contributed by atoms with van der Waals surface area (Å²) >= 11 is 0. The van der Waals surface area contributed by atoms with Crippen molar-refractivity contribution < 1.29 is 19.1 Å². The summed E-state index contributed by atoms with van der Waals surface area (Å²) in [6.45, 7) is 4.54. The maximum Gasteiger partial charge on any atom is 0.258 e. The average molecular weight is 436 g/mol. The van der Waals surface area contributed by atoms with E-state index in [1.165, 1.54) is 5.56 Å². The molecular weight excluding hydrogens is 406 g/mol. The van der Waals surface area contributed by atoms with E-state index in [1.807, 2.05) is 62.4 Å². The molecule has 0 spiro atoms. The molecule has 1 heterocycles. The van der Waals surface area contributed by atoms with E-state index in [0.29, 0.717) is 12.3 Å². The number of hydrogen-bond acceptors (Lipinski definition) is 5. The third-order valence-corrected chi connectivity index (χ3v) is 6.86. The Morgan fingerprint density at radius 2 is 1.75 bits per heavy atom. The van der Waals surface area contributed by atoms with Crippen LogP contribution in [0.4, 0.5) is 0 Å². The summed E-state index contributed by atoms with van der Waals surface area (Å²) in [5, 5.41) is 9.50. The lowest BCUT2D eigenvalue weighted by molar-refractivity contribution is -0.155. The van der Waals surface area contributed by atoms with Gasteiger partial charge in [0.25, 0.3) is 11.8 Å². The van der Waals surface area contributed by atoms with E-state index < -0.39 is 6.10 Å². The van der Waals surface area contributed by atoms with Crippen LogP contribution in [0.15, 0.2) is 48.5 Å². The lowest BCUT2D eigenvalue weighted by Gasteiger charge is -2.70. The second-order valence-electron chi connectivity index (χ2n) is 9.49. The van der Waals surface area contributed by atoms with Gasteiger partial charge < -0.3 is 20.1 Å². The Morgan fingerprint density at radius 3 is 2.47 bits per heavy atom. The van der Waals surface area contributed by atoms with Crippen molar-refractivity contribution in [2.45, 2.75) is 56.5 Å². The summed E-state index contributed by atoms with van der Waals surface area (Å²) in [7, 11) is 0. The van der Waals surface area contributed by atoms with Gasteiger partial charge in [0.1, 0.15) is 12.0 Å². The quantitative estimate of drug-likeness (QED) is 0.621. The SMILES string of the molecule is Cc1ccc(OCC(=O)NC23CC(NC(=O)C4CNC(c5ccccc5)O4)(C2)C3)cc1C. The van der Waals surface area contributed by atoms with Crippen molar-refractivity contribution in [3.63, 3.8) is 0 Å². The van der Waals surface area contributed by atoms with Crippen molar-refractivity contribution in [2.75, 3.05) is 13.2 Å². The van der Waals surface area contributed by atoms with Gasteiger partial charge in [-0.05, 0) is 61.9 Å². The molecule has 3 aliphatic carbocycles. The number of carbonyl (C=O) groups excluding carboxylic acids is 2. The van der Waals surface area contributed by atoms with E-state index in [0.717, 1.165) is 30.4 Å². The largest absolute Gasteiger partial charge is 0.484 e. The van der Waals surface area contributed by atoms with Gasteiger partial charge in [-0.1, -0.05) is 36.4 Å². The van der Waals surface area contributed by atoms with Gasteiger partial charge in [-0.15, -0.1) is 0 Å². The van der Waals surface area contributed by atoms with E-state index in [2.05, 4.69) is 16.0 Å². The van der Waals surface area contributed by atoms with Crippen molar-refractivity contribution in [1.29, 1.82) is 0 Å². The molecule has 2 aromatic carbocycles.